The molecule has 2 heteroatoms. The van der Waals surface area contributed by atoms with Gasteiger partial charge in [-0.25, -0.2) is 0 Å². The Bertz CT molecular complexity index is 327. The standard InChI is InChI=1S/C31H63NO/c1-3-5-7-9-11-13-15-17-19-21-23-25-27-29-32(31-33)30-28-26-24-22-20-18-16-14-12-10-8-6-4-2/h31H,3-30H2,1-2H3. The molecule has 0 fully saturated rings. The van der Waals surface area contributed by atoms with Gasteiger partial charge < -0.3 is 4.90 Å². The molecule has 0 heterocycles. The normalized spacial score (nSPS) is 11.2. The third-order valence-corrected chi connectivity index (χ3v) is 7.25. The van der Waals surface area contributed by atoms with Crippen LogP contribution in [0, 0.1) is 0 Å². The maximum atomic E-state index is 11.3. The molecule has 0 N–H and O–H groups in total. The summed E-state index contributed by atoms with van der Waals surface area (Å²) in [5.41, 5.74) is 0. The first-order valence-corrected chi connectivity index (χ1v) is 15.5. The van der Waals surface area contributed by atoms with Gasteiger partial charge in [-0.15, -0.1) is 0 Å². The third-order valence-electron chi connectivity index (χ3n) is 7.25. The highest BCUT2D eigenvalue weighted by Gasteiger charge is 2.02. The summed E-state index contributed by atoms with van der Waals surface area (Å²) in [6, 6.07) is 0. The first-order valence-electron chi connectivity index (χ1n) is 15.5. The van der Waals surface area contributed by atoms with E-state index in [1.54, 1.807) is 0 Å². The average molecular weight is 466 g/mol. The number of carbonyl (C=O) groups excluding carboxylic acids is 1. The van der Waals surface area contributed by atoms with Crippen molar-refractivity contribution in [2.24, 2.45) is 0 Å². The second-order valence-corrected chi connectivity index (χ2v) is 10.6. The van der Waals surface area contributed by atoms with E-state index in [0.29, 0.717) is 0 Å². The number of hydrogen-bond donors (Lipinski definition) is 0. The lowest BCUT2D eigenvalue weighted by Gasteiger charge is -2.17. The lowest BCUT2D eigenvalue weighted by Crippen LogP contribution is -2.24. The summed E-state index contributed by atoms with van der Waals surface area (Å²) in [4.78, 5) is 13.4. The van der Waals surface area contributed by atoms with E-state index in [4.69, 9.17) is 0 Å². The average Bonchev–Trinajstić information content (AvgIpc) is 2.83. The Labute approximate surface area is 210 Å². The summed E-state index contributed by atoms with van der Waals surface area (Å²) in [5, 5.41) is 0. The van der Waals surface area contributed by atoms with E-state index in [-0.39, 0.29) is 0 Å². The molecular weight excluding hydrogens is 402 g/mol. The van der Waals surface area contributed by atoms with Gasteiger partial charge in [-0.1, -0.05) is 168 Å². The van der Waals surface area contributed by atoms with Gasteiger partial charge in [0.1, 0.15) is 0 Å². The minimum Gasteiger partial charge on any atom is -0.345 e. The van der Waals surface area contributed by atoms with Crippen LogP contribution in [0.3, 0.4) is 0 Å². The van der Waals surface area contributed by atoms with E-state index in [1.807, 2.05) is 4.90 Å². The van der Waals surface area contributed by atoms with Crippen molar-refractivity contribution in [2.45, 2.75) is 181 Å². The maximum Gasteiger partial charge on any atom is 0.209 e. The highest BCUT2D eigenvalue weighted by atomic mass is 16.1. The number of hydrogen-bond acceptors (Lipinski definition) is 1. The molecule has 0 aromatic heterocycles. The van der Waals surface area contributed by atoms with Crippen LogP contribution in [0.2, 0.25) is 0 Å². The Hall–Kier alpha value is -0.530. The molecule has 0 spiro atoms. The van der Waals surface area contributed by atoms with Crippen molar-refractivity contribution in [3.63, 3.8) is 0 Å². The van der Waals surface area contributed by atoms with E-state index in [0.717, 1.165) is 19.5 Å². The molecule has 198 valence electrons. The van der Waals surface area contributed by atoms with Crippen LogP contribution >= 0.6 is 0 Å². The summed E-state index contributed by atoms with van der Waals surface area (Å²) >= 11 is 0. The molecule has 0 saturated carbocycles. The van der Waals surface area contributed by atoms with Crippen molar-refractivity contribution in [1.82, 2.24) is 4.90 Å². The zero-order valence-electron chi connectivity index (χ0n) is 23.2. The lowest BCUT2D eigenvalue weighted by molar-refractivity contribution is -0.118. The molecule has 0 rings (SSSR count). The van der Waals surface area contributed by atoms with Gasteiger partial charge in [0.05, 0.1) is 0 Å². The minimum atomic E-state index is 0.972. The van der Waals surface area contributed by atoms with Crippen LogP contribution in [-0.4, -0.2) is 24.4 Å². The highest BCUT2D eigenvalue weighted by Crippen LogP contribution is 2.14. The molecule has 0 aliphatic rings. The fourth-order valence-corrected chi connectivity index (χ4v) is 4.88. The first-order chi connectivity index (χ1) is 16.3. The summed E-state index contributed by atoms with van der Waals surface area (Å²) in [6.45, 7) is 6.52. The van der Waals surface area contributed by atoms with Gasteiger partial charge in [0.2, 0.25) is 6.41 Å². The predicted octanol–water partition coefficient (Wildman–Crippen LogP) is 10.6. The fraction of sp³-hybridized carbons (Fsp3) is 0.968. The molecule has 2 nitrogen and oxygen atoms in total. The van der Waals surface area contributed by atoms with Gasteiger partial charge in [-0.05, 0) is 12.8 Å². The Morgan fingerprint density at radius 2 is 0.576 bits per heavy atom. The van der Waals surface area contributed by atoms with Crippen molar-refractivity contribution < 1.29 is 4.79 Å². The smallest absolute Gasteiger partial charge is 0.209 e. The summed E-state index contributed by atoms with van der Waals surface area (Å²) in [5.74, 6) is 0. The topological polar surface area (TPSA) is 20.3 Å². The molecule has 0 unspecified atom stereocenters. The largest absolute Gasteiger partial charge is 0.345 e. The molecule has 0 aromatic carbocycles. The summed E-state index contributed by atoms with van der Waals surface area (Å²) < 4.78 is 0. The molecular formula is C31H63NO. The van der Waals surface area contributed by atoms with Crippen LogP contribution in [0.25, 0.3) is 0 Å². The second-order valence-electron chi connectivity index (χ2n) is 10.6. The molecule has 0 aliphatic carbocycles. The molecule has 1 amide bonds. The Morgan fingerprint density at radius 3 is 0.788 bits per heavy atom. The molecule has 0 bridgehead atoms. The quantitative estimate of drug-likeness (QED) is 0.0794. The van der Waals surface area contributed by atoms with Crippen LogP contribution in [0.15, 0.2) is 0 Å². The van der Waals surface area contributed by atoms with Crippen LogP contribution in [-0.2, 0) is 4.79 Å². The molecule has 0 saturated heterocycles. The van der Waals surface area contributed by atoms with E-state index in [1.165, 1.54) is 167 Å². The molecule has 0 atom stereocenters. The van der Waals surface area contributed by atoms with Gasteiger partial charge in [-0.2, -0.15) is 0 Å². The van der Waals surface area contributed by atoms with E-state index < -0.39 is 0 Å². The molecule has 33 heavy (non-hydrogen) atoms. The Balaban J connectivity index is 3.27. The van der Waals surface area contributed by atoms with E-state index >= 15 is 0 Å². The minimum absolute atomic E-state index is 0.972. The zero-order valence-corrected chi connectivity index (χ0v) is 23.2. The number of unbranched alkanes of at least 4 members (excludes halogenated alkanes) is 24. The van der Waals surface area contributed by atoms with Crippen LogP contribution in [0.5, 0.6) is 0 Å². The Morgan fingerprint density at radius 1 is 0.364 bits per heavy atom. The maximum absolute atomic E-state index is 11.3. The van der Waals surface area contributed by atoms with Crippen molar-refractivity contribution in [3.05, 3.63) is 0 Å². The zero-order chi connectivity index (χ0) is 24.1. The van der Waals surface area contributed by atoms with Gasteiger partial charge in [0, 0.05) is 13.1 Å². The summed E-state index contributed by atoms with van der Waals surface area (Å²) in [6.07, 6.45) is 37.1. The van der Waals surface area contributed by atoms with Crippen molar-refractivity contribution in [2.75, 3.05) is 13.1 Å². The first kappa shape index (κ1) is 32.5. The van der Waals surface area contributed by atoms with Crippen LogP contribution in [0.4, 0.5) is 0 Å². The number of carbonyl (C=O) groups is 1. The molecule has 0 radical (unpaired) electrons. The van der Waals surface area contributed by atoms with Gasteiger partial charge in [0.15, 0.2) is 0 Å². The lowest BCUT2D eigenvalue weighted by atomic mass is 10.0. The third kappa shape index (κ3) is 27.6. The van der Waals surface area contributed by atoms with Crippen LogP contribution in [0.1, 0.15) is 181 Å². The highest BCUT2D eigenvalue weighted by molar-refractivity contribution is 5.46. The molecule has 0 aromatic rings. The Kier molecular flexibility index (Phi) is 29.0. The second kappa shape index (κ2) is 29.5. The van der Waals surface area contributed by atoms with Crippen molar-refractivity contribution >= 4 is 6.41 Å². The van der Waals surface area contributed by atoms with Gasteiger partial charge in [0.25, 0.3) is 0 Å². The molecule has 0 aliphatic heterocycles. The van der Waals surface area contributed by atoms with E-state index in [2.05, 4.69) is 13.8 Å². The van der Waals surface area contributed by atoms with E-state index in [9.17, 15) is 4.79 Å². The fourth-order valence-electron chi connectivity index (χ4n) is 4.88. The predicted molar refractivity (Wildman–Crippen MR) is 149 cm³/mol. The number of nitrogens with zero attached hydrogens (tertiary/aromatic N) is 1. The number of rotatable bonds is 29. The van der Waals surface area contributed by atoms with Crippen LogP contribution < -0.4 is 0 Å². The SMILES string of the molecule is CCCCCCCCCCCCCCCN(C=O)CCCCCCCCCCCCCCC. The van der Waals surface area contributed by atoms with Crippen molar-refractivity contribution in [3.8, 4) is 0 Å². The monoisotopic (exact) mass is 465 g/mol. The van der Waals surface area contributed by atoms with Gasteiger partial charge in [-0.3, -0.25) is 4.79 Å². The summed E-state index contributed by atoms with van der Waals surface area (Å²) in [7, 11) is 0. The van der Waals surface area contributed by atoms with Crippen molar-refractivity contribution in [1.29, 1.82) is 0 Å². The number of amides is 1. The van der Waals surface area contributed by atoms with Gasteiger partial charge >= 0.3 is 0 Å².